The van der Waals surface area contributed by atoms with Crippen LogP contribution >= 0.6 is 0 Å². The summed E-state index contributed by atoms with van der Waals surface area (Å²) in [5.41, 5.74) is 0. The molecule has 0 heterocycles. The molecule has 72 valence electrons. The lowest BCUT2D eigenvalue weighted by Gasteiger charge is -2.17. The highest BCUT2D eigenvalue weighted by molar-refractivity contribution is 5.51. The topological polar surface area (TPSA) is 49.8 Å². The Hall–Kier alpha value is -0.450. The van der Waals surface area contributed by atoms with Gasteiger partial charge in [-0.2, -0.15) is 0 Å². The molecule has 4 heteroatoms. The summed E-state index contributed by atoms with van der Waals surface area (Å²) in [4.78, 5) is 12.0. The van der Waals surface area contributed by atoms with Crippen molar-refractivity contribution >= 4 is 6.29 Å². The first kappa shape index (κ1) is 11.6. The number of aldehydes is 1. The summed E-state index contributed by atoms with van der Waals surface area (Å²) in [7, 11) is 0. The molecule has 0 bridgehead atoms. The van der Waals surface area contributed by atoms with E-state index in [0.717, 1.165) is 6.29 Å². The Morgan fingerprint density at radius 2 is 2.25 bits per heavy atom. The molecule has 12 heavy (non-hydrogen) atoms. The third-order valence-electron chi connectivity index (χ3n) is 1.50. The number of nitrogens with zero attached hydrogens (tertiary/aromatic N) is 1. The van der Waals surface area contributed by atoms with Gasteiger partial charge in [0.15, 0.2) is 0 Å². The van der Waals surface area contributed by atoms with Crippen LogP contribution in [0.4, 0.5) is 0 Å². The van der Waals surface area contributed by atoms with Crippen LogP contribution in [-0.2, 0) is 9.53 Å². The number of aliphatic hydroxyl groups is 1. The number of hydrogen-bond donors (Lipinski definition) is 1. The second-order valence-electron chi connectivity index (χ2n) is 2.39. The van der Waals surface area contributed by atoms with E-state index in [1.54, 1.807) is 0 Å². The van der Waals surface area contributed by atoms with Gasteiger partial charge in [0, 0.05) is 19.7 Å². The number of aliphatic hydroxyl groups excluding tert-OH is 1. The maximum atomic E-state index is 10.2. The Kier molecular flexibility index (Phi) is 8.32. The van der Waals surface area contributed by atoms with Crippen molar-refractivity contribution in [3.63, 3.8) is 0 Å². The van der Waals surface area contributed by atoms with E-state index in [2.05, 4.69) is 0 Å². The molecular weight excluding hydrogens is 158 g/mol. The average Bonchev–Trinajstić information content (AvgIpc) is 2.06. The monoisotopic (exact) mass is 175 g/mol. The van der Waals surface area contributed by atoms with Crippen molar-refractivity contribution in [2.24, 2.45) is 0 Å². The maximum absolute atomic E-state index is 10.2. The third kappa shape index (κ3) is 6.27. The minimum atomic E-state index is 0.0833. The van der Waals surface area contributed by atoms with Crippen LogP contribution in [-0.4, -0.2) is 55.7 Å². The Morgan fingerprint density at radius 1 is 1.50 bits per heavy atom. The van der Waals surface area contributed by atoms with Gasteiger partial charge in [0.25, 0.3) is 0 Å². The second-order valence-corrected chi connectivity index (χ2v) is 2.39. The fourth-order valence-corrected chi connectivity index (χ4v) is 0.879. The largest absolute Gasteiger partial charge is 0.395 e. The van der Waals surface area contributed by atoms with Gasteiger partial charge in [-0.3, -0.25) is 4.90 Å². The average molecular weight is 175 g/mol. The number of ether oxygens (including phenoxy) is 1. The molecule has 0 saturated carbocycles. The van der Waals surface area contributed by atoms with Crippen molar-refractivity contribution in [3.05, 3.63) is 0 Å². The van der Waals surface area contributed by atoms with Gasteiger partial charge in [-0.05, 0) is 6.92 Å². The molecule has 0 radical (unpaired) electrons. The summed E-state index contributed by atoms with van der Waals surface area (Å²) in [6.07, 6.45) is 0.835. The van der Waals surface area contributed by atoms with Crippen molar-refractivity contribution in [1.82, 2.24) is 4.90 Å². The fourth-order valence-electron chi connectivity index (χ4n) is 0.879. The predicted octanol–water partition coefficient (Wildman–Crippen LogP) is -0.484. The van der Waals surface area contributed by atoms with Crippen LogP contribution in [0.5, 0.6) is 0 Å². The highest BCUT2D eigenvalue weighted by atomic mass is 16.5. The molecule has 0 aromatic carbocycles. The minimum Gasteiger partial charge on any atom is -0.395 e. The van der Waals surface area contributed by atoms with Gasteiger partial charge in [0.2, 0.25) is 0 Å². The van der Waals surface area contributed by atoms with Gasteiger partial charge in [-0.25, -0.2) is 0 Å². The smallest absolute Gasteiger partial charge is 0.133 e. The van der Waals surface area contributed by atoms with Crippen molar-refractivity contribution in [2.75, 3.05) is 39.5 Å². The fraction of sp³-hybridized carbons (Fsp3) is 0.875. The van der Waals surface area contributed by atoms with Crippen LogP contribution in [0.3, 0.4) is 0 Å². The zero-order chi connectivity index (χ0) is 9.23. The zero-order valence-electron chi connectivity index (χ0n) is 7.53. The van der Waals surface area contributed by atoms with E-state index in [9.17, 15) is 4.79 Å². The molecule has 0 aliphatic rings. The molecule has 0 spiro atoms. The SMILES string of the molecule is CCOCCN(CC=O)CCO. The van der Waals surface area contributed by atoms with Crippen molar-refractivity contribution in [3.8, 4) is 0 Å². The molecule has 0 amide bonds. The predicted molar refractivity (Wildman–Crippen MR) is 46.1 cm³/mol. The molecule has 0 atom stereocenters. The lowest BCUT2D eigenvalue weighted by molar-refractivity contribution is -0.109. The standard InChI is InChI=1S/C8H17NO3/c1-2-12-8-5-9(3-6-10)4-7-11/h6,11H,2-5,7-8H2,1H3. The van der Waals surface area contributed by atoms with Gasteiger partial charge in [-0.1, -0.05) is 0 Å². The minimum absolute atomic E-state index is 0.0833. The quantitative estimate of drug-likeness (QED) is 0.400. The van der Waals surface area contributed by atoms with Gasteiger partial charge in [0.1, 0.15) is 6.29 Å². The van der Waals surface area contributed by atoms with Gasteiger partial charge < -0.3 is 14.6 Å². The van der Waals surface area contributed by atoms with E-state index >= 15 is 0 Å². The Bertz CT molecular complexity index is 108. The van der Waals surface area contributed by atoms with Crippen LogP contribution < -0.4 is 0 Å². The summed E-state index contributed by atoms with van der Waals surface area (Å²) >= 11 is 0. The maximum Gasteiger partial charge on any atom is 0.133 e. The molecule has 0 fully saturated rings. The van der Waals surface area contributed by atoms with Gasteiger partial charge in [-0.15, -0.1) is 0 Å². The highest BCUT2D eigenvalue weighted by Crippen LogP contribution is 1.85. The van der Waals surface area contributed by atoms with Crippen molar-refractivity contribution in [2.45, 2.75) is 6.92 Å². The van der Waals surface area contributed by atoms with Crippen LogP contribution in [0, 0.1) is 0 Å². The summed E-state index contributed by atoms with van der Waals surface area (Å²) in [6, 6.07) is 0. The molecule has 0 saturated heterocycles. The molecule has 1 N–H and O–H groups in total. The molecule has 4 nitrogen and oxygen atoms in total. The summed E-state index contributed by atoms with van der Waals surface area (Å²) in [6.45, 7) is 4.92. The first-order chi connectivity index (χ1) is 5.85. The first-order valence-corrected chi connectivity index (χ1v) is 4.19. The molecule has 0 rings (SSSR count). The highest BCUT2D eigenvalue weighted by Gasteiger charge is 2.01. The molecular formula is C8H17NO3. The molecule has 0 aliphatic carbocycles. The van der Waals surface area contributed by atoms with Gasteiger partial charge in [0.05, 0.1) is 19.8 Å². The van der Waals surface area contributed by atoms with E-state index in [-0.39, 0.29) is 6.61 Å². The molecule has 0 aromatic heterocycles. The lowest BCUT2D eigenvalue weighted by Crippen LogP contribution is -2.32. The normalized spacial score (nSPS) is 10.6. The van der Waals surface area contributed by atoms with E-state index < -0.39 is 0 Å². The Labute approximate surface area is 73.1 Å². The Morgan fingerprint density at radius 3 is 2.75 bits per heavy atom. The number of rotatable bonds is 8. The van der Waals surface area contributed by atoms with Gasteiger partial charge >= 0.3 is 0 Å². The van der Waals surface area contributed by atoms with Crippen LogP contribution in [0.2, 0.25) is 0 Å². The van der Waals surface area contributed by atoms with E-state index in [0.29, 0.717) is 32.8 Å². The second kappa shape index (κ2) is 8.64. The zero-order valence-corrected chi connectivity index (χ0v) is 7.53. The molecule has 0 unspecified atom stereocenters. The van der Waals surface area contributed by atoms with Crippen LogP contribution in [0.15, 0.2) is 0 Å². The van der Waals surface area contributed by atoms with Crippen LogP contribution in [0.1, 0.15) is 6.92 Å². The molecule has 0 aliphatic heterocycles. The van der Waals surface area contributed by atoms with E-state index in [1.165, 1.54) is 0 Å². The van der Waals surface area contributed by atoms with Crippen molar-refractivity contribution < 1.29 is 14.6 Å². The molecule has 0 aromatic rings. The summed E-state index contributed by atoms with van der Waals surface area (Å²) in [5.74, 6) is 0. The van der Waals surface area contributed by atoms with E-state index in [1.807, 2.05) is 11.8 Å². The lowest BCUT2D eigenvalue weighted by atomic mass is 10.5. The van der Waals surface area contributed by atoms with E-state index in [4.69, 9.17) is 9.84 Å². The third-order valence-corrected chi connectivity index (χ3v) is 1.50. The Balaban J connectivity index is 3.40. The number of carbonyl (C=O) groups excluding carboxylic acids is 1. The number of carbonyl (C=O) groups is 1. The van der Waals surface area contributed by atoms with Crippen LogP contribution in [0.25, 0.3) is 0 Å². The number of hydrogen-bond acceptors (Lipinski definition) is 4. The summed E-state index contributed by atoms with van der Waals surface area (Å²) in [5, 5.41) is 8.62. The van der Waals surface area contributed by atoms with Crippen molar-refractivity contribution in [1.29, 1.82) is 0 Å². The summed E-state index contributed by atoms with van der Waals surface area (Å²) < 4.78 is 5.12. The first-order valence-electron chi connectivity index (χ1n) is 4.19.